The van der Waals surface area contributed by atoms with Crippen LogP contribution in [0.4, 0.5) is 0 Å². The van der Waals surface area contributed by atoms with Gasteiger partial charge in [-0.1, -0.05) is 0 Å². The fourth-order valence-electron chi connectivity index (χ4n) is 4.28. The first-order valence-corrected chi connectivity index (χ1v) is 12.1. The van der Waals surface area contributed by atoms with Crippen LogP contribution in [0, 0.1) is 5.92 Å². The van der Waals surface area contributed by atoms with E-state index in [-0.39, 0.29) is 12.3 Å². The van der Waals surface area contributed by atoms with E-state index in [9.17, 15) is 9.90 Å². The van der Waals surface area contributed by atoms with Crippen molar-refractivity contribution in [1.29, 1.82) is 0 Å². The minimum atomic E-state index is -0.602. The first-order valence-electron chi connectivity index (χ1n) is 11.3. The number of halogens is 1. The van der Waals surface area contributed by atoms with Crippen molar-refractivity contribution < 1.29 is 19.4 Å². The van der Waals surface area contributed by atoms with Crippen molar-refractivity contribution in [3.05, 3.63) is 46.8 Å². The van der Waals surface area contributed by atoms with Crippen molar-refractivity contribution in [2.75, 3.05) is 19.8 Å². The zero-order chi connectivity index (χ0) is 23.2. The summed E-state index contributed by atoms with van der Waals surface area (Å²) < 4.78 is 14.7. The predicted octanol–water partition coefficient (Wildman–Crippen LogP) is 4.25. The lowest BCUT2D eigenvalue weighted by atomic mass is 9.86. The summed E-state index contributed by atoms with van der Waals surface area (Å²) in [5.41, 5.74) is 6.54. The first kappa shape index (κ1) is 23.5. The van der Waals surface area contributed by atoms with Crippen LogP contribution in [0.25, 0.3) is 10.9 Å². The largest absolute Gasteiger partial charge is 0.492 e. The van der Waals surface area contributed by atoms with Crippen molar-refractivity contribution in [3.8, 4) is 11.5 Å². The summed E-state index contributed by atoms with van der Waals surface area (Å²) in [7, 11) is 0. The van der Waals surface area contributed by atoms with E-state index in [1.54, 1.807) is 12.1 Å². The third-order valence-corrected chi connectivity index (χ3v) is 6.75. The number of hydrogen-bond donors (Lipinski definition) is 2. The molecule has 1 amide bonds. The quantitative estimate of drug-likeness (QED) is 0.389. The van der Waals surface area contributed by atoms with Crippen molar-refractivity contribution in [2.45, 2.75) is 44.6 Å². The maximum absolute atomic E-state index is 11.4. The molecular weight excluding hydrogens is 488 g/mol. The van der Waals surface area contributed by atoms with Crippen molar-refractivity contribution in [3.63, 3.8) is 0 Å². The fourth-order valence-corrected chi connectivity index (χ4v) is 4.76. The molecule has 3 aromatic rings. The third kappa shape index (κ3) is 5.65. The predicted molar refractivity (Wildman–Crippen MR) is 128 cm³/mol. The molecule has 1 aromatic carbocycles. The molecule has 1 aliphatic rings. The highest BCUT2D eigenvalue weighted by Crippen LogP contribution is 2.36. The third-order valence-electron chi connectivity index (χ3n) is 6.13. The van der Waals surface area contributed by atoms with Crippen LogP contribution < -0.4 is 15.2 Å². The molecule has 33 heavy (non-hydrogen) atoms. The molecule has 0 saturated heterocycles. The number of primary amides is 1. The van der Waals surface area contributed by atoms with E-state index < -0.39 is 5.91 Å². The van der Waals surface area contributed by atoms with Crippen molar-refractivity contribution >= 4 is 32.7 Å². The molecule has 0 aliphatic heterocycles. The number of unbranched alkanes of at least 4 members (excludes halogenated alkanes) is 1. The van der Waals surface area contributed by atoms with Gasteiger partial charge in [-0.2, -0.15) is 5.10 Å². The van der Waals surface area contributed by atoms with E-state index in [4.69, 9.17) is 15.2 Å². The molecule has 0 bridgehead atoms. The van der Waals surface area contributed by atoms with E-state index >= 15 is 0 Å². The number of fused-ring (bicyclic) bond motifs is 1. The summed E-state index contributed by atoms with van der Waals surface area (Å²) in [5.74, 6) is 1.01. The summed E-state index contributed by atoms with van der Waals surface area (Å²) in [4.78, 5) is 15.4. The molecule has 0 unspecified atom stereocenters. The van der Waals surface area contributed by atoms with E-state index in [1.807, 2.05) is 12.3 Å². The fraction of sp³-hybridized carbons (Fsp3) is 0.458. The van der Waals surface area contributed by atoms with Gasteiger partial charge in [-0.05, 0) is 78.6 Å². The van der Waals surface area contributed by atoms with Crippen LogP contribution in [-0.4, -0.2) is 45.6 Å². The number of aliphatic hydroxyl groups excluding tert-OH is 1. The lowest BCUT2D eigenvalue weighted by Gasteiger charge is -2.28. The Morgan fingerprint density at radius 2 is 1.88 bits per heavy atom. The number of pyridine rings is 1. The van der Waals surface area contributed by atoms with E-state index in [0.29, 0.717) is 30.9 Å². The van der Waals surface area contributed by atoms with Crippen LogP contribution in [0.3, 0.4) is 0 Å². The van der Waals surface area contributed by atoms with E-state index in [2.05, 4.69) is 36.8 Å². The summed E-state index contributed by atoms with van der Waals surface area (Å²) >= 11 is 3.61. The summed E-state index contributed by atoms with van der Waals surface area (Å²) in [6, 6.07) is 7.85. The Kier molecular flexibility index (Phi) is 7.82. The SMILES string of the molecule is NC(=O)c1ncccc1OCCCCOc1cc2c(cnn2C2CCC(CO)CC2)cc1Br. The van der Waals surface area contributed by atoms with Crippen LogP contribution in [0.15, 0.2) is 41.1 Å². The number of aromatic nitrogens is 3. The van der Waals surface area contributed by atoms with Gasteiger partial charge in [0.15, 0.2) is 11.4 Å². The van der Waals surface area contributed by atoms with Gasteiger partial charge in [0.2, 0.25) is 0 Å². The summed E-state index contributed by atoms with van der Waals surface area (Å²) in [6.07, 6.45) is 9.10. The summed E-state index contributed by atoms with van der Waals surface area (Å²) in [5, 5.41) is 15.1. The van der Waals surface area contributed by atoms with Gasteiger partial charge in [-0.25, -0.2) is 4.98 Å². The minimum absolute atomic E-state index is 0.146. The van der Waals surface area contributed by atoms with E-state index in [1.165, 1.54) is 6.20 Å². The monoisotopic (exact) mass is 516 g/mol. The second-order valence-corrected chi connectivity index (χ2v) is 9.26. The zero-order valence-corrected chi connectivity index (χ0v) is 20.0. The Balaban J connectivity index is 1.31. The molecule has 4 rings (SSSR count). The molecule has 1 aliphatic carbocycles. The number of benzene rings is 1. The Hall–Kier alpha value is -2.65. The molecule has 0 radical (unpaired) electrons. The van der Waals surface area contributed by atoms with Crippen molar-refractivity contribution in [1.82, 2.24) is 14.8 Å². The van der Waals surface area contributed by atoms with Gasteiger partial charge in [0.25, 0.3) is 5.91 Å². The number of carbonyl (C=O) groups is 1. The van der Waals surface area contributed by atoms with Gasteiger partial charge in [0.05, 0.1) is 35.4 Å². The average Bonchev–Trinajstić information content (AvgIpc) is 3.24. The molecule has 9 heteroatoms. The van der Waals surface area contributed by atoms with Crippen LogP contribution >= 0.6 is 15.9 Å². The lowest BCUT2D eigenvalue weighted by molar-refractivity contribution is 0.0991. The normalized spacial score (nSPS) is 18.4. The number of hydrogen-bond acceptors (Lipinski definition) is 6. The highest BCUT2D eigenvalue weighted by Gasteiger charge is 2.24. The molecule has 176 valence electrons. The Morgan fingerprint density at radius 3 is 2.58 bits per heavy atom. The Morgan fingerprint density at radius 1 is 1.15 bits per heavy atom. The Labute approximate surface area is 201 Å². The summed E-state index contributed by atoms with van der Waals surface area (Å²) in [6.45, 7) is 1.26. The molecule has 0 atom stereocenters. The number of ether oxygens (including phenoxy) is 2. The smallest absolute Gasteiger partial charge is 0.271 e. The maximum atomic E-state index is 11.4. The highest BCUT2D eigenvalue weighted by molar-refractivity contribution is 9.10. The molecule has 1 fully saturated rings. The standard InChI is InChI=1S/C24H29BrN4O4/c25-19-12-17-14-28-29(18-7-5-16(15-30)6-8-18)20(17)13-22(19)33-11-2-1-10-32-21-4-3-9-27-23(21)24(26)31/h3-4,9,12-14,16,18,30H,1-2,5-8,10-11,15H2,(H2,26,31). The van der Waals surface area contributed by atoms with Crippen LogP contribution in [0.5, 0.6) is 11.5 Å². The molecule has 0 spiro atoms. The van der Waals surface area contributed by atoms with Gasteiger partial charge >= 0.3 is 0 Å². The zero-order valence-electron chi connectivity index (χ0n) is 18.5. The average molecular weight is 517 g/mol. The molecular formula is C24H29BrN4O4. The van der Waals surface area contributed by atoms with E-state index in [0.717, 1.165) is 59.7 Å². The van der Waals surface area contributed by atoms with Crippen LogP contribution in [-0.2, 0) is 0 Å². The number of rotatable bonds is 10. The van der Waals surface area contributed by atoms with Gasteiger partial charge in [0, 0.05) is 24.3 Å². The number of nitrogens with two attached hydrogens (primary N) is 1. The van der Waals surface area contributed by atoms with Gasteiger partial charge in [0.1, 0.15) is 5.75 Å². The number of nitrogens with zero attached hydrogens (tertiary/aromatic N) is 3. The topological polar surface area (TPSA) is 112 Å². The molecule has 3 N–H and O–H groups in total. The molecule has 2 aromatic heterocycles. The number of amides is 1. The van der Waals surface area contributed by atoms with Crippen molar-refractivity contribution in [2.24, 2.45) is 11.7 Å². The van der Waals surface area contributed by atoms with Gasteiger partial charge in [-0.15, -0.1) is 0 Å². The van der Waals surface area contributed by atoms with Crippen LogP contribution in [0.2, 0.25) is 0 Å². The highest BCUT2D eigenvalue weighted by atomic mass is 79.9. The number of aliphatic hydroxyl groups is 1. The second kappa shape index (κ2) is 11.0. The number of carbonyl (C=O) groups excluding carboxylic acids is 1. The molecule has 8 nitrogen and oxygen atoms in total. The molecule has 1 saturated carbocycles. The van der Waals surface area contributed by atoms with Gasteiger partial charge in [-0.3, -0.25) is 9.48 Å². The van der Waals surface area contributed by atoms with Crippen LogP contribution in [0.1, 0.15) is 55.1 Å². The maximum Gasteiger partial charge on any atom is 0.271 e. The Bertz CT molecular complexity index is 1100. The van der Waals surface area contributed by atoms with Gasteiger partial charge < -0.3 is 20.3 Å². The first-order chi connectivity index (χ1) is 16.1. The lowest BCUT2D eigenvalue weighted by Crippen LogP contribution is -2.20. The second-order valence-electron chi connectivity index (χ2n) is 8.41. The molecule has 2 heterocycles. The minimum Gasteiger partial charge on any atom is -0.492 e.